The zero-order valence-electron chi connectivity index (χ0n) is 32.9. The van der Waals surface area contributed by atoms with E-state index < -0.39 is 0 Å². The highest BCUT2D eigenvalue weighted by Gasteiger charge is 2.17. The predicted octanol–water partition coefficient (Wildman–Crippen LogP) is 16.0. The third-order valence-corrected chi connectivity index (χ3v) is 11.3. The summed E-state index contributed by atoms with van der Waals surface area (Å²) in [6.07, 6.45) is 23.5. The summed E-state index contributed by atoms with van der Waals surface area (Å²) in [5.41, 5.74) is 17.9. The summed E-state index contributed by atoms with van der Waals surface area (Å²) in [6, 6.07) is 57.7. The van der Waals surface area contributed by atoms with Crippen molar-refractivity contribution in [3.8, 4) is 33.4 Å². The first-order chi connectivity index (χ1) is 28.6. The quantitative estimate of drug-likeness (QED) is 0.142. The van der Waals surface area contributed by atoms with Crippen molar-refractivity contribution in [1.82, 2.24) is 0 Å². The van der Waals surface area contributed by atoms with Crippen LogP contribution in [0.1, 0.15) is 29.5 Å². The molecule has 1 nitrogen and oxygen atoms in total. The van der Waals surface area contributed by atoms with Gasteiger partial charge in [0.15, 0.2) is 0 Å². The van der Waals surface area contributed by atoms with Gasteiger partial charge in [-0.25, -0.2) is 0 Å². The first-order valence-electron chi connectivity index (χ1n) is 20.2. The van der Waals surface area contributed by atoms with Crippen molar-refractivity contribution in [3.63, 3.8) is 0 Å². The van der Waals surface area contributed by atoms with Gasteiger partial charge >= 0.3 is 0 Å². The molecule has 0 unspecified atom stereocenters. The topological polar surface area (TPSA) is 3.24 Å². The monoisotopic (exact) mass is 743 g/mol. The molecule has 0 aliphatic heterocycles. The van der Waals surface area contributed by atoms with Crippen molar-refractivity contribution in [1.29, 1.82) is 0 Å². The molecule has 7 aromatic carbocycles. The Morgan fingerprint density at radius 2 is 1.17 bits per heavy atom. The van der Waals surface area contributed by atoms with Crippen molar-refractivity contribution in [3.05, 3.63) is 247 Å². The van der Waals surface area contributed by atoms with Gasteiger partial charge in [-0.1, -0.05) is 183 Å². The lowest BCUT2D eigenvalue weighted by Gasteiger charge is -2.27. The van der Waals surface area contributed by atoms with E-state index in [0.717, 1.165) is 35.5 Å². The Bertz CT molecular complexity index is 2820. The Hall–Kier alpha value is -7.22. The molecule has 0 atom stereocenters. The number of nitrogens with zero attached hydrogens (tertiary/aromatic N) is 1. The zero-order chi connectivity index (χ0) is 39.3. The molecule has 0 radical (unpaired) electrons. The Morgan fingerprint density at radius 1 is 0.500 bits per heavy atom. The van der Waals surface area contributed by atoms with Gasteiger partial charge in [-0.3, -0.25) is 0 Å². The number of anilines is 3. The fraction of sp³-hybridized carbons (Fsp3) is 0.0526. The SMILES string of the molecule is C=CC1=C(c2ccc(N(c3ccc(-c4ccc(-c5ccccc5)c(C5=CC=CC=CC5)c4)cc3)c3ccc(-c4cccc5ccccc45)cc3)cc2C)C=CCC=C1. The molecule has 0 amide bonds. The Morgan fingerprint density at radius 3 is 1.97 bits per heavy atom. The third-order valence-electron chi connectivity index (χ3n) is 11.3. The number of fused-ring (bicyclic) bond motifs is 1. The molecule has 58 heavy (non-hydrogen) atoms. The molecule has 0 bridgehead atoms. The number of aryl methyl sites for hydroxylation is 1. The largest absolute Gasteiger partial charge is 0.310 e. The molecule has 0 N–H and O–H groups in total. The standard InChI is InChI=1S/C57H45N/c1-3-42-17-10-7-13-24-53(42)52-38-36-51(39-41(52)2)58(50-34-29-47(30-35-50)55-26-16-23-45-22-14-15-25-54(45)55)49-32-27-43(28-33-49)48-31-37-56(44-18-11-6-12-19-44)57(40-48)46-20-8-4-5-9-21-46/h3-6,8-20,22-40H,1,7,21H2,2H3. The van der Waals surface area contributed by atoms with E-state index in [2.05, 4.69) is 231 Å². The van der Waals surface area contributed by atoms with Gasteiger partial charge in [0.05, 0.1) is 0 Å². The summed E-state index contributed by atoms with van der Waals surface area (Å²) in [7, 11) is 0. The maximum Gasteiger partial charge on any atom is 0.0464 e. The average Bonchev–Trinajstić information content (AvgIpc) is 3.71. The van der Waals surface area contributed by atoms with Crippen LogP contribution in [0.4, 0.5) is 17.1 Å². The van der Waals surface area contributed by atoms with Crippen LogP contribution in [-0.4, -0.2) is 0 Å². The van der Waals surface area contributed by atoms with Gasteiger partial charge in [-0.15, -0.1) is 0 Å². The van der Waals surface area contributed by atoms with Gasteiger partial charge in [-0.05, 0) is 140 Å². The van der Waals surface area contributed by atoms with Crippen LogP contribution in [0.5, 0.6) is 0 Å². The van der Waals surface area contributed by atoms with Crippen molar-refractivity contribution < 1.29 is 0 Å². The molecule has 7 aromatic rings. The molecule has 0 saturated carbocycles. The molecule has 1 heteroatoms. The summed E-state index contributed by atoms with van der Waals surface area (Å²) in [5.74, 6) is 0. The second-order valence-corrected chi connectivity index (χ2v) is 14.9. The molecule has 0 aromatic heterocycles. The van der Waals surface area contributed by atoms with Crippen molar-refractivity contribution in [2.75, 3.05) is 4.90 Å². The fourth-order valence-electron chi connectivity index (χ4n) is 8.31. The lowest BCUT2D eigenvalue weighted by Crippen LogP contribution is -2.10. The summed E-state index contributed by atoms with van der Waals surface area (Å²) < 4.78 is 0. The van der Waals surface area contributed by atoms with Crippen LogP contribution < -0.4 is 4.90 Å². The maximum atomic E-state index is 4.12. The minimum atomic E-state index is 0.890. The molecule has 0 spiro atoms. The summed E-state index contributed by atoms with van der Waals surface area (Å²) in [5, 5.41) is 2.51. The molecule has 0 saturated heterocycles. The first-order valence-corrected chi connectivity index (χ1v) is 20.2. The average molecular weight is 744 g/mol. The van der Waals surface area contributed by atoms with Crippen LogP contribution in [0.2, 0.25) is 0 Å². The van der Waals surface area contributed by atoms with Gasteiger partial charge in [0, 0.05) is 17.1 Å². The van der Waals surface area contributed by atoms with E-state index in [0.29, 0.717) is 0 Å². The molecule has 0 heterocycles. The Kier molecular flexibility index (Phi) is 10.3. The molecule has 2 aliphatic carbocycles. The number of benzene rings is 7. The molecule has 2 aliphatic rings. The van der Waals surface area contributed by atoms with Crippen molar-refractivity contribution >= 4 is 39.0 Å². The normalized spacial score (nSPS) is 13.6. The van der Waals surface area contributed by atoms with Gasteiger partial charge < -0.3 is 4.90 Å². The van der Waals surface area contributed by atoms with Crippen LogP contribution in [0.15, 0.2) is 231 Å². The van der Waals surface area contributed by atoms with Crippen molar-refractivity contribution in [2.45, 2.75) is 19.8 Å². The highest BCUT2D eigenvalue weighted by molar-refractivity contribution is 5.97. The van der Waals surface area contributed by atoms with Gasteiger partial charge in [0.2, 0.25) is 0 Å². The second kappa shape index (κ2) is 16.5. The van der Waals surface area contributed by atoms with Gasteiger partial charge in [0.25, 0.3) is 0 Å². The first kappa shape index (κ1) is 36.4. The van der Waals surface area contributed by atoms with Gasteiger partial charge in [-0.2, -0.15) is 0 Å². The van der Waals surface area contributed by atoms with Crippen LogP contribution in [-0.2, 0) is 0 Å². The van der Waals surface area contributed by atoms with Gasteiger partial charge in [0.1, 0.15) is 0 Å². The predicted molar refractivity (Wildman–Crippen MR) is 251 cm³/mol. The lowest BCUT2D eigenvalue weighted by atomic mass is 9.89. The van der Waals surface area contributed by atoms with E-state index in [9.17, 15) is 0 Å². The highest BCUT2D eigenvalue weighted by atomic mass is 15.1. The Labute approximate surface area is 343 Å². The molecule has 278 valence electrons. The second-order valence-electron chi connectivity index (χ2n) is 14.9. The zero-order valence-corrected chi connectivity index (χ0v) is 32.9. The molecular weight excluding hydrogens is 699 g/mol. The third kappa shape index (κ3) is 7.39. The van der Waals surface area contributed by atoms with E-state index in [1.807, 2.05) is 6.08 Å². The summed E-state index contributed by atoms with van der Waals surface area (Å²) >= 11 is 0. The lowest BCUT2D eigenvalue weighted by molar-refractivity contribution is 1.26. The molecular formula is C57H45N. The fourth-order valence-corrected chi connectivity index (χ4v) is 8.31. The minimum absolute atomic E-state index is 0.890. The van der Waals surface area contributed by atoms with E-state index in [-0.39, 0.29) is 0 Å². The number of rotatable bonds is 9. The van der Waals surface area contributed by atoms with Crippen LogP contribution in [0, 0.1) is 6.92 Å². The van der Waals surface area contributed by atoms with E-state index >= 15 is 0 Å². The van der Waals surface area contributed by atoms with Crippen LogP contribution in [0.3, 0.4) is 0 Å². The number of hydrogen-bond acceptors (Lipinski definition) is 1. The van der Waals surface area contributed by atoms with Crippen LogP contribution in [0.25, 0.3) is 55.3 Å². The number of hydrogen-bond donors (Lipinski definition) is 0. The Balaban J connectivity index is 1.12. The molecule has 9 rings (SSSR count). The summed E-state index contributed by atoms with van der Waals surface area (Å²) in [4.78, 5) is 2.37. The van der Waals surface area contributed by atoms with E-state index in [1.54, 1.807) is 0 Å². The number of allylic oxidation sites excluding steroid dienone is 13. The summed E-state index contributed by atoms with van der Waals surface area (Å²) in [6.45, 7) is 6.34. The smallest absolute Gasteiger partial charge is 0.0464 e. The highest BCUT2D eigenvalue weighted by Crippen LogP contribution is 2.41. The van der Waals surface area contributed by atoms with Crippen LogP contribution >= 0.6 is 0 Å². The van der Waals surface area contributed by atoms with E-state index in [1.165, 1.54) is 72.0 Å². The maximum absolute atomic E-state index is 4.12. The molecule has 0 fully saturated rings. The minimum Gasteiger partial charge on any atom is -0.310 e. The van der Waals surface area contributed by atoms with Crippen molar-refractivity contribution in [2.24, 2.45) is 0 Å². The van der Waals surface area contributed by atoms with E-state index in [4.69, 9.17) is 0 Å².